The normalized spacial score (nSPS) is 12.4. The third-order valence-corrected chi connectivity index (χ3v) is 3.55. The molecule has 0 saturated heterocycles. The fourth-order valence-corrected chi connectivity index (χ4v) is 2.36. The molecule has 0 spiro atoms. The molecule has 0 aromatic heterocycles. The highest BCUT2D eigenvalue weighted by Gasteiger charge is 2.11. The minimum atomic E-state index is 0. The summed E-state index contributed by atoms with van der Waals surface area (Å²) in [5, 5.41) is 11.9. The van der Waals surface area contributed by atoms with Gasteiger partial charge < -0.3 is 37.0 Å². The van der Waals surface area contributed by atoms with E-state index in [2.05, 4.69) is 5.32 Å². The van der Waals surface area contributed by atoms with Crippen molar-refractivity contribution in [3.05, 3.63) is 53.6 Å². The fourth-order valence-electron chi connectivity index (χ4n) is 2.36. The Bertz CT molecular complexity index is 633. The molecule has 0 amide bonds. The van der Waals surface area contributed by atoms with Crippen LogP contribution >= 0.6 is 0 Å². The van der Waals surface area contributed by atoms with Crippen molar-refractivity contribution in [3.63, 3.8) is 0 Å². The van der Waals surface area contributed by atoms with Gasteiger partial charge in [-0.1, -0.05) is 18.2 Å². The number of aliphatic hydroxyl groups excluding tert-OH is 1. The van der Waals surface area contributed by atoms with E-state index in [-0.39, 0.29) is 19.0 Å². The first kappa shape index (κ1) is 18.4. The van der Waals surface area contributed by atoms with Crippen molar-refractivity contribution in [2.24, 2.45) is 0 Å². The molecule has 0 aliphatic carbocycles. The van der Waals surface area contributed by atoms with Gasteiger partial charge in [-0.25, -0.2) is 0 Å². The molecule has 1 heterocycles. The summed E-state index contributed by atoms with van der Waals surface area (Å²) in [5.74, 6) is 2.40. The van der Waals surface area contributed by atoms with Crippen molar-refractivity contribution in [3.8, 4) is 17.2 Å². The SMILES string of the molecule is OCCNCc1ccc(OCc2ccc3c(c2)OCCO3)cc1.[Cl-]. The van der Waals surface area contributed by atoms with Gasteiger partial charge in [-0.05, 0) is 35.4 Å². The van der Waals surface area contributed by atoms with E-state index >= 15 is 0 Å². The Kier molecular flexibility index (Phi) is 7.18. The molecular weight excluding hydrogens is 330 g/mol. The number of benzene rings is 2. The molecule has 130 valence electrons. The standard InChI is InChI=1S/C18H21NO4.ClH/c20-8-7-19-12-14-1-4-16(5-2-14)23-13-15-3-6-17-18(11-15)22-10-9-21-17;/h1-6,11,19-20H,7-10,12-13H2;1H/p-1. The molecule has 3 rings (SSSR count). The third-order valence-electron chi connectivity index (χ3n) is 3.55. The third kappa shape index (κ3) is 5.03. The van der Waals surface area contributed by atoms with E-state index in [0.717, 1.165) is 34.9 Å². The predicted octanol–water partition coefficient (Wildman–Crippen LogP) is -0.877. The van der Waals surface area contributed by atoms with E-state index in [0.29, 0.717) is 26.4 Å². The van der Waals surface area contributed by atoms with Crippen LogP contribution < -0.4 is 31.9 Å². The molecule has 2 aromatic rings. The molecule has 0 radical (unpaired) electrons. The summed E-state index contributed by atoms with van der Waals surface area (Å²) in [6, 6.07) is 13.8. The first-order valence-electron chi connectivity index (χ1n) is 7.77. The van der Waals surface area contributed by atoms with Gasteiger partial charge in [-0.3, -0.25) is 0 Å². The van der Waals surface area contributed by atoms with Crippen molar-refractivity contribution in [2.45, 2.75) is 13.2 Å². The minimum absolute atomic E-state index is 0. The van der Waals surface area contributed by atoms with Crippen molar-refractivity contribution in [1.82, 2.24) is 5.32 Å². The maximum Gasteiger partial charge on any atom is 0.161 e. The molecule has 6 heteroatoms. The average Bonchev–Trinajstić information content (AvgIpc) is 2.61. The van der Waals surface area contributed by atoms with Crippen molar-refractivity contribution in [2.75, 3.05) is 26.4 Å². The second-order valence-electron chi connectivity index (χ2n) is 5.31. The molecule has 0 fully saturated rings. The number of rotatable bonds is 7. The largest absolute Gasteiger partial charge is 1.00 e. The molecular formula is C18H21ClNO4-. The van der Waals surface area contributed by atoms with Crippen LogP contribution in [0.2, 0.25) is 0 Å². The van der Waals surface area contributed by atoms with Gasteiger partial charge in [0, 0.05) is 13.1 Å². The number of halogens is 1. The second kappa shape index (κ2) is 9.37. The fraction of sp³-hybridized carbons (Fsp3) is 0.333. The van der Waals surface area contributed by atoms with Crippen LogP contribution in [0.4, 0.5) is 0 Å². The zero-order valence-corrected chi connectivity index (χ0v) is 14.1. The summed E-state index contributed by atoms with van der Waals surface area (Å²) in [6.45, 7) is 3.16. The van der Waals surface area contributed by atoms with Crippen LogP contribution in [0.15, 0.2) is 42.5 Å². The van der Waals surface area contributed by atoms with Gasteiger partial charge in [-0.15, -0.1) is 0 Å². The van der Waals surface area contributed by atoms with Crippen molar-refractivity contribution in [1.29, 1.82) is 0 Å². The Morgan fingerprint density at radius 1 is 0.958 bits per heavy atom. The first-order valence-corrected chi connectivity index (χ1v) is 7.77. The smallest absolute Gasteiger partial charge is 0.161 e. The lowest BCUT2D eigenvalue weighted by Gasteiger charge is -2.19. The van der Waals surface area contributed by atoms with Gasteiger partial charge in [0.1, 0.15) is 25.6 Å². The van der Waals surface area contributed by atoms with Gasteiger partial charge >= 0.3 is 0 Å². The minimum Gasteiger partial charge on any atom is -1.00 e. The highest BCUT2D eigenvalue weighted by Crippen LogP contribution is 2.31. The Balaban J connectivity index is 0.00000208. The number of ether oxygens (including phenoxy) is 3. The number of fused-ring (bicyclic) bond motifs is 1. The maximum absolute atomic E-state index is 8.74. The lowest BCUT2D eigenvalue weighted by atomic mass is 10.2. The van der Waals surface area contributed by atoms with Crippen LogP contribution in [0.5, 0.6) is 17.2 Å². The topological polar surface area (TPSA) is 60.0 Å². The van der Waals surface area contributed by atoms with E-state index in [4.69, 9.17) is 19.3 Å². The van der Waals surface area contributed by atoms with Gasteiger partial charge in [0.15, 0.2) is 11.5 Å². The van der Waals surface area contributed by atoms with Crippen LogP contribution in [-0.4, -0.2) is 31.5 Å². The average molecular weight is 351 g/mol. The van der Waals surface area contributed by atoms with E-state index in [1.807, 2.05) is 42.5 Å². The van der Waals surface area contributed by atoms with Crippen LogP contribution in [0.1, 0.15) is 11.1 Å². The zero-order chi connectivity index (χ0) is 15.9. The van der Waals surface area contributed by atoms with Crippen molar-refractivity contribution < 1.29 is 31.7 Å². The van der Waals surface area contributed by atoms with Gasteiger partial charge in [0.05, 0.1) is 6.61 Å². The summed E-state index contributed by atoms with van der Waals surface area (Å²) in [7, 11) is 0. The Morgan fingerprint density at radius 3 is 2.42 bits per heavy atom. The molecule has 24 heavy (non-hydrogen) atoms. The number of hydrogen-bond acceptors (Lipinski definition) is 5. The number of nitrogens with one attached hydrogen (secondary N) is 1. The highest BCUT2D eigenvalue weighted by molar-refractivity contribution is 5.43. The molecule has 0 bridgehead atoms. The van der Waals surface area contributed by atoms with Crippen LogP contribution in [0, 0.1) is 0 Å². The Hall–Kier alpha value is -1.95. The van der Waals surface area contributed by atoms with Crippen LogP contribution in [0.25, 0.3) is 0 Å². The molecule has 0 atom stereocenters. The summed E-state index contributed by atoms with van der Waals surface area (Å²) in [5.41, 5.74) is 2.20. The molecule has 1 aliphatic heterocycles. The maximum atomic E-state index is 8.74. The molecule has 2 aromatic carbocycles. The summed E-state index contributed by atoms with van der Waals surface area (Å²) < 4.78 is 16.9. The number of hydrogen-bond donors (Lipinski definition) is 2. The lowest BCUT2D eigenvalue weighted by molar-refractivity contribution is -0.00000667. The predicted molar refractivity (Wildman–Crippen MR) is 87.0 cm³/mol. The zero-order valence-electron chi connectivity index (χ0n) is 13.3. The lowest BCUT2D eigenvalue weighted by Crippen LogP contribution is -3.00. The Morgan fingerprint density at radius 2 is 1.67 bits per heavy atom. The van der Waals surface area contributed by atoms with Gasteiger partial charge in [0.2, 0.25) is 0 Å². The quantitative estimate of drug-likeness (QED) is 0.635. The van der Waals surface area contributed by atoms with Crippen molar-refractivity contribution >= 4 is 0 Å². The monoisotopic (exact) mass is 350 g/mol. The second-order valence-corrected chi connectivity index (χ2v) is 5.31. The van der Waals surface area contributed by atoms with Gasteiger partial charge in [0.25, 0.3) is 0 Å². The van der Waals surface area contributed by atoms with E-state index in [9.17, 15) is 0 Å². The summed E-state index contributed by atoms with van der Waals surface area (Å²) >= 11 is 0. The van der Waals surface area contributed by atoms with E-state index < -0.39 is 0 Å². The number of aliphatic hydroxyl groups is 1. The van der Waals surface area contributed by atoms with Crippen LogP contribution in [0.3, 0.4) is 0 Å². The molecule has 1 aliphatic rings. The van der Waals surface area contributed by atoms with E-state index in [1.165, 1.54) is 0 Å². The highest BCUT2D eigenvalue weighted by atomic mass is 35.5. The molecule has 0 unspecified atom stereocenters. The summed E-state index contributed by atoms with van der Waals surface area (Å²) in [4.78, 5) is 0. The van der Waals surface area contributed by atoms with Gasteiger partial charge in [-0.2, -0.15) is 0 Å². The van der Waals surface area contributed by atoms with E-state index in [1.54, 1.807) is 0 Å². The molecule has 2 N–H and O–H groups in total. The van der Waals surface area contributed by atoms with Crippen LogP contribution in [-0.2, 0) is 13.2 Å². The summed E-state index contributed by atoms with van der Waals surface area (Å²) in [6.07, 6.45) is 0. The molecule has 5 nitrogen and oxygen atoms in total. The molecule has 0 saturated carbocycles. The Labute approximate surface area is 148 Å². The first-order chi connectivity index (χ1) is 11.3.